The predicted molar refractivity (Wildman–Crippen MR) is 78.3 cm³/mol. The van der Waals surface area contributed by atoms with Crippen LogP contribution in [0.3, 0.4) is 0 Å². The van der Waals surface area contributed by atoms with Crippen LogP contribution in [0.5, 0.6) is 0 Å². The minimum Gasteiger partial charge on any atom is -0.481 e. The molecular weight excluding hydrogens is 262 g/mol. The van der Waals surface area contributed by atoms with E-state index in [0.717, 1.165) is 31.4 Å². The number of thioether (sulfide) groups is 1. The van der Waals surface area contributed by atoms with E-state index >= 15 is 0 Å². The molecule has 0 bridgehead atoms. The molecule has 1 rings (SSSR count). The highest BCUT2D eigenvalue weighted by Gasteiger charge is 2.41. The summed E-state index contributed by atoms with van der Waals surface area (Å²) in [6.45, 7) is 2.73. The third kappa shape index (κ3) is 5.05. The maximum Gasteiger partial charge on any atom is 0.307 e. The molecule has 1 amide bonds. The zero-order valence-electron chi connectivity index (χ0n) is 11.9. The number of unbranched alkanes of at least 4 members (excludes halogenated alkanes) is 1. The van der Waals surface area contributed by atoms with Gasteiger partial charge >= 0.3 is 5.97 Å². The Hall–Kier alpha value is -0.710. The van der Waals surface area contributed by atoms with Gasteiger partial charge in [-0.15, -0.1) is 0 Å². The molecule has 0 heterocycles. The van der Waals surface area contributed by atoms with Crippen LogP contribution in [0.15, 0.2) is 0 Å². The molecule has 2 N–H and O–H groups in total. The van der Waals surface area contributed by atoms with E-state index in [9.17, 15) is 14.7 Å². The Morgan fingerprint density at radius 2 is 1.95 bits per heavy atom. The first-order valence-corrected chi connectivity index (χ1v) is 8.49. The van der Waals surface area contributed by atoms with Crippen LogP contribution in [0.25, 0.3) is 0 Å². The first-order chi connectivity index (χ1) is 9.10. The van der Waals surface area contributed by atoms with E-state index in [1.54, 1.807) is 11.8 Å². The molecular formula is C14H25NO3S. The first kappa shape index (κ1) is 16.3. The fourth-order valence-electron chi connectivity index (χ4n) is 2.75. The van der Waals surface area contributed by atoms with Crippen molar-refractivity contribution in [1.29, 1.82) is 0 Å². The summed E-state index contributed by atoms with van der Waals surface area (Å²) in [4.78, 5) is 23.3. The highest BCUT2D eigenvalue weighted by molar-refractivity contribution is 7.98. The van der Waals surface area contributed by atoms with Gasteiger partial charge in [-0.2, -0.15) is 11.8 Å². The average molecular weight is 287 g/mol. The molecule has 110 valence electrons. The van der Waals surface area contributed by atoms with Crippen LogP contribution in [0, 0.1) is 17.8 Å². The van der Waals surface area contributed by atoms with Crippen molar-refractivity contribution in [3.8, 4) is 0 Å². The van der Waals surface area contributed by atoms with Gasteiger partial charge < -0.3 is 10.4 Å². The Morgan fingerprint density at radius 1 is 1.26 bits per heavy atom. The molecule has 0 aromatic heterocycles. The van der Waals surface area contributed by atoms with Crippen LogP contribution in [0.1, 0.15) is 39.0 Å². The van der Waals surface area contributed by atoms with E-state index in [1.807, 2.05) is 0 Å². The highest BCUT2D eigenvalue weighted by Crippen LogP contribution is 2.38. The minimum atomic E-state index is -0.821. The molecule has 4 nitrogen and oxygen atoms in total. The Kier molecular flexibility index (Phi) is 7.28. The van der Waals surface area contributed by atoms with Crippen LogP contribution in [-0.2, 0) is 9.59 Å². The van der Waals surface area contributed by atoms with E-state index in [4.69, 9.17) is 0 Å². The van der Waals surface area contributed by atoms with Crippen LogP contribution in [0.4, 0.5) is 0 Å². The van der Waals surface area contributed by atoms with E-state index in [-0.39, 0.29) is 11.8 Å². The number of carboxylic acids is 1. The maximum absolute atomic E-state index is 12.1. The van der Waals surface area contributed by atoms with E-state index in [1.165, 1.54) is 0 Å². The molecule has 1 fully saturated rings. The van der Waals surface area contributed by atoms with Crippen molar-refractivity contribution < 1.29 is 14.7 Å². The van der Waals surface area contributed by atoms with Gasteiger partial charge in [0.05, 0.1) is 11.8 Å². The number of aliphatic carboxylic acids is 1. The fourth-order valence-corrected chi connectivity index (χ4v) is 3.25. The second-order valence-electron chi connectivity index (χ2n) is 5.29. The lowest BCUT2D eigenvalue weighted by Gasteiger charge is -2.15. The summed E-state index contributed by atoms with van der Waals surface area (Å²) in [5, 5.41) is 12.1. The number of hydrogen-bond acceptors (Lipinski definition) is 3. The predicted octanol–water partition coefficient (Wildman–Crippen LogP) is 2.38. The summed E-state index contributed by atoms with van der Waals surface area (Å²) in [6, 6.07) is 0. The van der Waals surface area contributed by atoms with Gasteiger partial charge in [0, 0.05) is 6.54 Å². The van der Waals surface area contributed by atoms with E-state index in [0.29, 0.717) is 18.9 Å². The largest absolute Gasteiger partial charge is 0.481 e. The van der Waals surface area contributed by atoms with Gasteiger partial charge in [0.15, 0.2) is 0 Å². The zero-order valence-corrected chi connectivity index (χ0v) is 12.7. The number of carbonyl (C=O) groups excluding carboxylic acids is 1. The summed E-state index contributed by atoms with van der Waals surface area (Å²) >= 11 is 1.80. The lowest BCUT2D eigenvalue weighted by Crippen LogP contribution is -2.35. The summed E-state index contributed by atoms with van der Waals surface area (Å²) < 4.78 is 0. The summed E-state index contributed by atoms with van der Waals surface area (Å²) in [5.74, 6) is -0.215. The van der Waals surface area contributed by atoms with Crippen LogP contribution >= 0.6 is 11.8 Å². The molecule has 0 spiro atoms. The van der Waals surface area contributed by atoms with Gasteiger partial charge in [0.25, 0.3) is 0 Å². The molecule has 1 aliphatic rings. The molecule has 0 aromatic rings. The number of amides is 1. The van der Waals surface area contributed by atoms with Gasteiger partial charge in [-0.25, -0.2) is 0 Å². The quantitative estimate of drug-likeness (QED) is 0.673. The standard InChI is InChI=1S/C14H25NO3S/c1-3-10-8-11(12(9-10)14(17)18)13(16)15-6-4-5-7-19-2/h10-12H,3-9H2,1-2H3,(H,15,16)(H,17,18). The van der Waals surface area contributed by atoms with Gasteiger partial charge in [-0.05, 0) is 43.6 Å². The Bertz CT molecular complexity index is 309. The minimum absolute atomic E-state index is 0.0625. The molecule has 5 heteroatoms. The van der Waals surface area contributed by atoms with Crippen molar-refractivity contribution in [2.24, 2.45) is 17.8 Å². The summed E-state index contributed by atoms with van der Waals surface area (Å²) in [5.41, 5.74) is 0. The monoisotopic (exact) mass is 287 g/mol. The number of nitrogens with one attached hydrogen (secondary N) is 1. The van der Waals surface area contributed by atoms with Crippen LogP contribution < -0.4 is 5.32 Å². The van der Waals surface area contributed by atoms with Gasteiger partial charge in [0.2, 0.25) is 5.91 Å². The van der Waals surface area contributed by atoms with E-state index in [2.05, 4.69) is 18.5 Å². The molecule has 3 atom stereocenters. The van der Waals surface area contributed by atoms with Gasteiger partial charge in [-0.3, -0.25) is 9.59 Å². The van der Waals surface area contributed by atoms with E-state index < -0.39 is 11.9 Å². The van der Waals surface area contributed by atoms with Crippen LogP contribution in [-0.4, -0.2) is 35.5 Å². The van der Waals surface area contributed by atoms with Crippen molar-refractivity contribution in [3.63, 3.8) is 0 Å². The van der Waals surface area contributed by atoms with Crippen molar-refractivity contribution in [3.05, 3.63) is 0 Å². The Labute approximate surface area is 119 Å². The number of carbonyl (C=O) groups is 2. The van der Waals surface area contributed by atoms with Crippen molar-refractivity contribution in [1.82, 2.24) is 5.32 Å². The molecule has 1 saturated carbocycles. The Balaban J connectivity index is 2.39. The Morgan fingerprint density at radius 3 is 2.53 bits per heavy atom. The molecule has 0 aromatic carbocycles. The third-order valence-corrected chi connectivity index (χ3v) is 4.66. The normalized spacial score (nSPS) is 26.3. The lowest BCUT2D eigenvalue weighted by molar-refractivity contribution is -0.146. The first-order valence-electron chi connectivity index (χ1n) is 7.09. The lowest BCUT2D eigenvalue weighted by atomic mass is 9.95. The number of rotatable bonds is 8. The molecule has 0 aliphatic heterocycles. The fraction of sp³-hybridized carbons (Fsp3) is 0.857. The zero-order chi connectivity index (χ0) is 14.3. The molecule has 0 saturated heterocycles. The average Bonchev–Trinajstić information content (AvgIpc) is 2.82. The molecule has 0 radical (unpaired) electrons. The second-order valence-corrected chi connectivity index (χ2v) is 6.27. The second kappa shape index (κ2) is 8.46. The maximum atomic E-state index is 12.1. The van der Waals surface area contributed by atoms with Crippen LogP contribution in [0.2, 0.25) is 0 Å². The van der Waals surface area contributed by atoms with Gasteiger partial charge in [0.1, 0.15) is 0 Å². The SMILES string of the molecule is CCC1CC(C(=O)O)C(C(=O)NCCCCSC)C1. The topological polar surface area (TPSA) is 66.4 Å². The molecule has 1 aliphatic carbocycles. The number of hydrogen-bond donors (Lipinski definition) is 2. The summed E-state index contributed by atoms with van der Waals surface area (Å²) in [7, 11) is 0. The third-order valence-electron chi connectivity index (χ3n) is 3.97. The summed E-state index contributed by atoms with van der Waals surface area (Å²) in [6.07, 6.45) is 6.46. The van der Waals surface area contributed by atoms with Gasteiger partial charge in [-0.1, -0.05) is 13.3 Å². The smallest absolute Gasteiger partial charge is 0.307 e. The van der Waals surface area contributed by atoms with Crippen molar-refractivity contribution >= 4 is 23.6 Å². The molecule has 19 heavy (non-hydrogen) atoms. The van der Waals surface area contributed by atoms with Crippen molar-refractivity contribution in [2.45, 2.75) is 39.0 Å². The highest BCUT2D eigenvalue weighted by atomic mass is 32.2. The molecule has 3 unspecified atom stereocenters. The number of carboxylic acid groups (broad SMARTS) is 1. The van der Waals surface area contributed by atoms with Crippen molar-refractivity contribution in [2.75, 3.05) is 18.6 Å².